The van der Waals surface area contributed by atoms with Crippen LogP contribution < -0.4 is 14.8 Å². The lowest BCUT2D eigenvalue weighted by Gasteiger charge is -2.10. The van der Waals surface area contributed by atoms with Gasteiger partial charge in [0.25, 0.3) is 15.9 Å². The Morgan fingerprint density at radius 1 is 1.08 bits per heavy atom. The maximum absolute atomic E-state index is 12.4. The second-order valence-corrected chi connectivity index (χ2v) is 8.19. The normalized spacial score (nSPS) is 11.2. The van der Waals surface area contributed by atoms with E-state index in [4.69, 9.17) is 16.3 Å². The zero-order valence-corrected chi connectivity index (χ0v) is 16.1. The van der Waals surface area contributed by atoms with E-state index in [0.29, 0.717) is 28.9 Å². The van der Waals surface area contributed by atoms with Crippen molar-refractivity contribution in [1.82, 2.24) is 5.32 Å². The molecule has 0 aliphatic heterocycles. The molecule has 0 bridgehead atoms. The van der Waals surface area contributed by atoms with Crippen molar-refractivity contribution >= 4 is 33.2 Å². The first kappa shape index (κ1) is 20.1. The van der Waals surface area contributed by atoms with E-state index in [2.05, 4.69) is 10.0 Å². The lowest BCUT2D eigenvalue weighted by atomic mass is 10.2. The summed E-state index contributed by atoms with van der Waals surface area (Å²) in [4.78, 5) is 11.7. The number of ether oxygens (including phenoxy) is 1. The number of anilines is 1. The van der Waals surface area contributed by atoms with Gasteiger partial charge in [0.2, 0.25) is 0 Å². The van der Waals surface area contributed by atoms with Crippen LogP contribution in [0, 0.1) is 5.92 Å². The van der Waals surface area contributed by atoms with E-state index < -0.39 is 10.0 Å². The Labute approximate surface area is 158 Å². The molecule has 0 saturated carbocycles. The summed E-state index contributed by atoms with van der Waals surface area (Å²) in [5.41, 5.74) is 0.413. The molecule has 26 heavy (non-hydrogen) atoms. The summed E-state index contributed by atoms with van der Waals surface area (Å²) >= 11 is 5.78. The predicted molar refractivity (Wildman–Crippen MR) is 102 cm³/mol. The number of hydrogen-bond acceptors (Lipinski definition) is 4. The van der Waals surface area contributed by atoms with E-state index in [1.807, 2.05) is 13.8 Å². The van der Waals surface area contributed by atoms with Crippen molar-refractivity contribution in [3.63, 3.8) is 0 Å². The molecule has 0 saturated heterocycles. The summed E-state index contributed by atoms with van der Waals surface area (Å²) in [6, 6.07) is 12.2. The predicted octanol–water partition coefficient (Wildman–Crippen LogP) is 3.29. The molecule has 0 radical (unpaired) electrons. The highest BCUT2D eigenvalue weighted by Gasteiger charge is 2.14. The Morgan fingerprint density at radius 2 is 1.69 bits per heavy atom. The third kappa shape index (κ3) is 6.24. The van der Waals surface area contributed by atoms with Crippen molar-refractivity contribution in [3.8, 4) is 5.75 Å². The Morgan fingerprint density at radius 3 is 2.27 bits per heavy atom. The topological polar surface area (TPSA) is 84.5 Å². The van der Waals surface area contributed by atoms with Gasteiger partial charge < -0.3 is 10.1 Å². The van der Waals surface area contributed by atoms with Crippen molar-refractivity contribution in [3.05, 3.63) is 53.6 Å². The van der Waals surface area contributed by atoms with Crippen molar-refractivity contribution < 1.29 is 17.9 Å². The second kappa shape index (κ2) is 8.91. The number of sulfonamides is 1. The molecule has 0 fully saturated rings. The van der Waals surface area contributed by atoms with Crippen LogP contribution in [0.3, 0.4) is 0 Å². The summed E-state index contributed by atoms with van der Waals surface area (Å²) in [6.45, 7) is 4.45. The Hall–Kier alpha value is -2.25. The summed E-state index contributed by atoms with van der Waals surface area (Å²) < 4.78 is 32.6. The molecule has 6 nitrogen and oxygen atoms in total. The van der Waals surface area contributed by atoms with Gasteiger partial charge in [0.1, 0.15) is 5.75 Å². The maximum atomic E-state index is 12.4. The van der Waals surface area contributed by atoms with Gasteiger partial charge in [0.15, 0.2) is 6.61 Å². The second-order valence-electron chi connectivity index (χ2n) is 6.07. The minimum Gasteiger partial charge on any atom is -0.484 e. The number of halogens is 1. The fraction of sp³-hybridized carbons (Fsp3) is 0.278. The van der Waals surface area contributed by atoms with Crippen LogP contribution in [-0.4, -0.2) is 27.5 Å². The third-order valence-corrected chi connectivity index (χ3v) is 4.96. The fourth-order valence-corrected chi connectivity index (χ4v) is 3.15. The monoisotopic (exact) mass is 396 g/mol. The van der Waals surface area contributed by atoms with E-state index in [0.717, 1.165) is 0 Å². The van der Waals surface area contributed by atoms with Crippen LogP contribution in [0.2, 0.25) is 5.02 Å². The molecule has 0 heterocycles. The summed E-state index contributed by atoms with van der Waals surface area (Å²) in [5, 5.41) is 3.26. The molecule has 8 heteroatoms. The van der Waals surface area contributed by atoms with Gasteiger partial charge in [0.05, 0.1) is 4.90 Å². The quantitative estimate of drug-likeness (QED) is 0.717. The first-order chi connectivity index (χ1) is 12.3. The molecular formula is C18H21ClN2O4S. The van der Waals surface area contributed by atoms with E-state index in [1.165, 1.54) is 24.3 Å². The Balaban J connectivity index is 1.95. The van der Waals surface area contributed by atoms with Crippen LogP contribution in [0.25, 0.3) is 0 Å². The van der Waals surface area contributed by atoms with Gasteiger partial charge in [-0.25, -0.2) is 8.42 Å². The highest BCUT2D eigenvalue weighted by atomic mass is 35.5. The molecule has 2 aromatic rings. The van der Waals surface area contributed by atoms with Gasteiger partial charge in [-0.2, -0.15) is 0 Å². The minimum atomic E-state index is -3.72. The van der Waals surface area contributed by atoms with Crippen molar-refractivity contribution in [2.75, 3.05) is 17.9 Å². The molecule has 2 aromatic carbocycles. The van der Waals surface area contributed by atoms with Gasteiger partial charge in [-0.15, -0.1) is 0 Å². The van der Waals surface area contributed by atoms with E-state index >= 15 is 0 Å². The first-order valence-electron chi connectivity index (χ1n) is 8.04. The average molecular weight is 397 g/mol. The molecule has 0 spiro atoms. The van der Waals surface area contributed by atoms with Crippen LogP contribution >= 0.6 is 11.6 Å². The molecule has 2 N–H and O–H groups in total. The number of amides is 1. The van der Waals surface area contributed by atoms with Gasteiger partial charge in [-0.05, 0) is 54.4 Å². The van der Waals surface area contributed by atoms with Crippen molar-refractivity contribution in [1.29, 1.82) is 0 Å². The number of carbonyl (C=O) groups is 1. The van der Waals surface area contributed by atoms with Gasteiger partial charge in [-0.3, -0.25) is 9.52 Å². The van der Waals surface area contributed by atoms with Crippen LogP contribution in [0.15, 0.2) is 53.4 Å². The average Bonchev–Trinajstić information content (AvgIpc) is 2.60. The molecule has 0 aliphatic carbocycles. The van der Waals surface area contributed by atoms with Crippen LogP contribution in [0.1, 0.15) is 13.8 Å². The standard InChI is InChI=1S/C18H21ClN2O4S/c1-13(2)11-20-18(22)12-25-16-7-9-17(10-8-16)26(23,24)21-15-5-3-14(19)4-6-15/h3-10,13,21H,11-12H2,1-2H3,(H,20,22). The SMILES string of the molecule is CC(C)CNC(=O)COc1ccc(S(=O)(=O)Nc2ccc(Cl)cc2)cc1. The number of benzene rings is 2. The minimum absolute atomic E-state index is 0.0871. The van der Waals surface area contributed by atoms with E-state index in [-0.39, 0.29) is 17.4 Å². The van der Waals surface area contributed by atoms with Gasteiger partial charge in [0, 0.05) is 17.3 Å². The molecule has 0 atom stereocenters. The lowest BCUT2D eigenvalue weighted by molar-refractivity contribution is -0.123. The maximum Gasteiger partial charge on any atom is 0.261 e. The third-order valence-electron chi connectivity index (χ3n) is 3.31. The van der Waals surface area contributed by atoms with Crippen LogP contribution in [0.5, 0.6) is 5.75 Å². The fourth-order valence-electron chi connectivity index (χ4n) is 1.96. The smallest absolute Gasteiger partial charge is 0.261 e. The Kier molecular flexibility index (Phi) is 6.88. The molecule has 0 unspecified atom stereocenters. The molecule has 0 aliphatic rings. The molecular weight excluding hydrogens is 376 g/mol. The molecule has 140 valence electrons. The molecule has 0 aromatic heterocycles. The highest BCUT2D eigenvalue weighted by molar-refractivity contribution is 7.92. The summed E-state index contributed by atoms with van der Waals surface area (Å²) in [7, 11) is -3.72. The first-order valence-corrected chi connectivity index (χ1v) is 9.90. The summed E-state index contributed by atoms with van der Waals surface area (Å²) in [6.07, 6.45) is 0. The van der Waals surface area contributed by atoms with Crippen molar-refractivity contribution in [2.45, 2.75) is 18.7 Å². The van der Waals surface area contributed by atoms with Gasteiger partial charge in [-0.1, -0.05) is 25.4 Å². The highest BCUT2D eigenvalue weighted by Crippen LogP contribution is 2.20. The zero-order chi connectivity index (χ0) is 19.2. The van der Waals surface area contributed by atoms with Gasteiger partial charge >= 0.3 is 0 Å². The summed E-state index contributed by atoms with van der Waals surface area (Å²) in [5.74, 6) is 0.548. The van der Waals surface area contributed by atoms with Crippen molar-refractivity contribution in [2.24, 2.45) is 5.92 Å². The zero-order valence-electron chi connectivity index (χ0n) is 14.5. The number of nitrogens with one attached hydrogen (secondary N) is 2. The van der Waals surface area contributed by atoms with Crippen LogP contribution in [-0.2, 0) is 14.8 Å². The number of hydrogen-bond donors (Lipinski definition) is 2. The van der Waals surface area contributed by atoms with E-state index in [9.17, 15) is 13.2 Å². The molecule has 2 rings (SSSR count). The van der Waals surface area contributed by atoms with Crippen LogP contribution in [0.4, 0.5) is 5.69 Å². The largest absolute Gasteiger partial charge is 0.484 e. The number of carbonyl (C=O) groups excluding carboxylic acids is 1. The molecule has 1 amide bonds. The Bertz CT molecular complexity index is 834. The lowest BCUT2D eigenvalue weighted by Crippen LogP contribution is -2.31. The van der Waals surface area contributed by atoms with E-state index in [1.54, 1.807) is 24.3 Å². The number of rotatable bonds is 8.